The lowest BCUT2D eigenvalue weighted by Gasteiger charge is -2.21. The fraction of sp³-hybridized carbons (Fsp3) is 0.385. The molecule has 3 rings (SSSR count). The molecule has 5 nitrogen and oxygen atoms in total. The fourth-order valence-electron chi connectivity index (χ4n) is 2.36. The van der Waals surface area contributed by atoms with Gasteiger partial charge in [-0.3, -0.25) is 9.89 Å². The van der Waals surface area contributed by atoms with E-state index in [1.54, 1.807) is 0 Å². The van der Waals surface area contributed by atoms with E-state index in [0.717, 1.165) is 36.8 Å². The van der Waals surface area contributed by atoms with Crippen LogP contribution in [0.15, 0.2) is 24.3 Å². The number of H-pyrrole nitrogens is 1. The first kappa shape index (κ1) is 11.2. The number of benzene rings is 1. The summed E-state index contributed by atoms with van der Waals surface area (Å²) in [6, 6.07) is 7.79. The molecule has 2 heterocycles. The normalized spacial score (nSPS) is 16.9. The van der Waals surface area contributed by atoms with Crippen molar-refractivity contribution in [2.24, 2.45) is 5.92 Å². The van der Waals surface area contributed by atoms with Crippen molar-refractivity contribution in [2.75, 3.05) is 18.4 Å². The van der Waals surface area contributed by atoms with Crippen molar-refractivity contribution in [3.05, 3.63) is 24.3 Å². The second kappa shape index (κ2) is 4.78. The van der Waals surface area contributed by atoms with Crippen LogP contribution < -0.4 is 10.6 Å². The molecular formula is C13H16N4O. The zero-order valence-electron chi connectivity index (χ0n) is 10.1. The Kier molecular flexibility index (Phi) is 2.98. The number of hydrogen-bond donors (Lipinski definition) is 3. The third kappa shape index (κ3) is 2.09. The highest BCUT2D eigenvalue weighted by Crippen LogP contribution is 2.21. The maximum Gasteiger partial charge on any atom is 0.228 e. The number of aromatic amines is 1. The molecule has 1 amide bonds. The summed E-state index contributed by atoms with van der Waals surface area (Å²) >= 11 is 0. The van der Waals surface area contributed by atoms with Crippen molar-refractivity contribution in [3.63, 3.8) is 0 Å². The van der Waals surface area contributed by atoms with E-state index in [9.17, 15) is 4.79 Å². The van der Waals surface area contributed by atoms with E-state index in [1.165, 1.54) is 0 Å². The van der Waals surface area contributed by atoms with Gasteiger partial charge >= 0.3 is 0 Å². The molecule has 0 aliphatic carbocycles. The lowest BCUT2D eigenvalue weighted by molar-refractivity contribution is -0.120. The van der Waals surface area contributed by atoms with Crippen molar-refractivity contribution < 1.29 is 4.79 Å². The number of rotatable bonds is 2. The minimum atomic E-state index is 0.0775. The summed E-state index contributed by atoms with van der Waals surface area (Å²) in [7, 11) is 0. The summed E-state index contributed by atoms with van der Waals surface area (Å²) in [6.07, 6.45) is 1.79. The predicted octanol–water partition coefficient (Wildman–Crippen LogP) is 1.50. The molecule has 5 heteroatoms. The first-order valence-corrected chi connectivity index (χ1v) is 6.29. The van der Waals surface area contributed by atoms with Gasteiger partial charge in [-0.05, 0) is 38.1 Å². The van der Waals surface area contributed by atoms with Crippen LogP contribution in [0.2, 0.25) is 0 Å². The lowest BCUT2D eigenvalue weighted by atomic mass is 9.97. The Balaban J connectivity index is 1.77. The van der Waals surface area contributed by atoms with Gasteiger partial charge in [-0.1, -0.05) is 12.1 Å². The maximum atomic E-state index is 12.1. The van der Waals surface area contributed by atoms with Gasteiger partial charge in [0, 0.05) is 11.3 Å². The minimum Gasteiger partial charge on any atom is -0.317 e. The summed E-state index contributed by atoms with van der Waals surface area (Å²) in [4.78, 5) is 12.1. The molecule has 0 radical (unpaired) electrons. The number of fused-ring (bicyclic) bond motifs is 1. The van der Waals surface area contributed by atoms with Crippen molar-refractivity contribution in [1.82, 2.24) is 15.5 Å². The number of aromatic nitrogens is 2. The van der Waals surface area contributed by atoms with E-state index in [0.29, 0.717) is 5.82 Å². The average Bonchev–Trinajstić information content (AvgIpc) is 2.83. The number of nitrogens with zero attached hydrogens (tertiary/aromatic N) is 1. The molecule has 0 unspecified atom stereocenters. The Hall–Kier alpha value is -1.88. The molecule has 3 N–H and O–H groups in total. The van der Waals surface area contributed by atoms with E-state index in [2.05, 4.69) is 20.8 Å². The SMILES string of the molecule is O=C(Nc1n[nH]c2ccccc12)C1CCNCC1. The Morgan fingerprint density at radius 2 is 2.06 bits per heavy atom. The van der Waals surface area contributed by atoms with Gasteiger partial charge in [0.25, 0.3) is 0 Å². The lowest BCUT2D eigenvalue weighted by Crippen LogP contribution is -2.34. The molecule has 1 fully saturated rings. The summed E-state index contributed by atoms with van der Waals surface area (Å²) < 4.78 is 0. The van der Waals surface area contributed by atoms with Crippen LogP contribution in [0.3, 0.4) is 0 Å². The zero-order valence-corrected chi connectivity index (χ0v) is 10.1. The van der Waals surface area contributed by atoms with Crippen LogP contribution in [0.5, 0.6) is 0 Å². The molecule has 1 aliphatic heterocycles. The first-order chi connectivity index (χ1) is 8.84. The van der Waals surface area contributed by atoms with Gasteiger partial charge in [-0.2, -0.15) is 5.10 Å². The third-order valence-electron chi connectivity index (χ3n) is 3.42. The molecule has 0 atom stereocenters. The zero-order chi connectivity index (χ0) is 12.4. The summed E-state index contributed by atoms with van der Waals surface area (Å²) in [6.45, 7) is 1.83. The molecule has 1 saturated heterocycles. The summed E-state index contributed by atoms with van der Waals surface area (Å²) in [5.74, 6) is 0.810. The van der Waals surface area contributed by atoms with Gasteiger partial charge in [0.2, 0.25) is 5.91 Å². The number of para-hydroxylation sites is 1. The van der Waals surface area contributed by atoms with E-state index < -0.39 is 0 Å². The Labute approximate surface area is 105 Å². The van der Waals surface area contributed by atoms with Crippen molar-refractivity contribution in [2.45, 2.75) is 12.8 Å². The second-order valence-electron chi connectivity index (χ2n) is 4.63. The van der Waals surface area contributed by atoms with E-state index >= 15 is 0 Å². The average molecular weight is 244 g/mol. The number of anilines is 1. The van der Waals surface area contributed by atoms with Crippen molar-refractivity contribution in [1.29, 1.82) is 0 Å². The molecule has 2 aromatic rings. The van der Waals surface area contributed by atoms with Crippen LogP contribution in [0.4, 0.5) is 5.82 Å². The number of carbonyl (C=O) groups is 1. The second-order valence-corrected chi connectivity index (χ2v) is 4.63. The number of hydrogen-bond acceptors (Lipinski definition) is 3. The minimum absolute atomic E-state index is 0.0775. The molecule has 0 bridgehead atoms. The molecule has 94 valence electrons. The van der Waals surface area contributed by atoms with Gasteiger partial charge in [-0.15, -0.1) is 0 Å². The molecule has 1 aromatic carbocycles. The third-order valence-corrected chi connectivity index (χ3v) is 3.42. The van der Waals surface area contributed by atoms with Gasteiger partial charge < -0.3 is 10.6 Å². The predicted molar refractivity (Wildman–Crippen MR) is 70.3 cm³/mol. The van der Waals surface area contributed by atoms with Gasteiger partial charge in [0.15, 0.2) is 5.82 Å². The highest BCUT2D eigenvalue weighted by Gasteiger charge is 2.21. The Morgan fingerprint density at radius 3 is 2.89 bits per heavy atom. The molecule has 0 saturated carbocycles. The van der Waals surface area contributed by atoms with Crippen LogP contribution in [0, 0.1) is 5.92 Å². The summed E-state index contributed by atoms with van der Waals surface area (Å²) in [5.41, 5.74) is 0.943. The van der Waals surface area contributed by atoms with Gasteiger partial charge in [0.05, 0.1) is 5.52 Å². The highest BCUT2D eigenvalue weighted by atomic mass is 16.2. The van der Waals surface area contributed by atoms with Crippen LogP contribution in [0.1, 0.15) is 12.8 Å². The Bertz CT molecular complexity index is 557. The first-order valence-electron chi connectivity index (χ1n) is 6.29. The van der Waals surface area contributed by atoms with Crippen molar-refractivity contribution in [3.8, 4) is 0 Å². The molecule has 18 heavy (non-hydrogen) atoms. The number of amides is 1. The molecule has 1 aliphatic rings. The smallest absolute Gasteiger partial charge is 0.228 e. The summed E-state index contributed by atoms with van der Waals surface area (Å²) in [5, 5.41) is 14.2. The van der Waals surface area contributed by atoms with Crippen LogP contribution >= 0.6 is 0 Å². The largest absolute Gasteiger partial charge is 0.317 e. The number of carbonyl (C=O) groups excluding carboxylic acids is 1. The standard InChI is InChI=1S/C13H16N4O/c18-13(9-5-7-14-8-6-9)15-12-10-3-1-2-4-11(10)16-17-12/h1-4,9,14H,5-8H2,(H2,15,16,17,18). The van der Waals surface area contributed by atoms with Crippen LogP contribution in [-0.4, -0.2) is 29.2 Å². The monoisotopic (exact) mass is 244 g/mol. The van der Waals surface area contributed by atoms with E-state index in [-0.39, 0.29) is 11.8 Å². The van der Waals surface area contributed by atoms with Gasteiger partial charge in [0.1, 0.15) is 0 Å². The highest BCUT2D eigenvalue weighted by molar-refractivity contribution is 6.00. The molecule has 0 spiro atoms. The molecular weight excluding hydrogens is 228 g/mol. The fourth-order valence-corrected chi connectivity index (χ4v) is 2.36. The van der Waals surface area contributed by atoms with E-state index in [1.807, 2.05) is 24.3 Å². The quantitative estimate of drug-likeness (QED) is 0.749. The number of nitrogens with one attached hydrogen (secondary N) is 3. The van der Waals surface area contributed by atoms with Crippen LogP contribution in [0.25, 0.3) is 10.9 Å². The molecule has 1 aromatic heterocycles. The van der Waals surface area contributed by atoms with E-state index in [4.69, 9.17) is 0 Å². The number of piperidine rings is 1. The van der Waals surface area contributed by atoms with Crippen LogP contribution in [-0.2, 0) is 4.79 Å². The topological polar surface area (TPSA) is 69.8 Å². The maximum absolute atomic E-state index is 12.1. The Morgan fingerprint density at radius 1 is 1.28 bits per heavy atom. The van der Waals surface area contributed by atoms with Crippen molar-refractivity contribution >= 4 is 22.6 Å². The van der Waals surface area contributed by atoms with Gasteiger partial charge in [-0.25, -0.2) is 0 Å².